The van der Waals surface area contributed by atoms with E-state index in [0.717, 1.165) is 38.5 Å². The predicted molar refractivity (Wildman–Crippen MR) is 259 cm³/mol. The Morgan fingerprint density at radius 1 is 0.550 bits per heavy atom. The van der Waals surface area contributed by atoms with Crippen molar-refractivity contribution < 1.29 is 32.9 Å². The van der Waals surface area contributed by atoms with Gasteiger partial charge in [-0.25, -0.2) is 4.57 Å². The highest BCUT2D eigenvalue weighted by Crippen LogP contribution is 2.43. The fourth-order valence-corrected chi connectivity index (χ4v) is 8.60. The van der Waals surface area contributed by atoms with Crippen LogP contribution in [0.4, 0.5) is 0 Å². The number of phosphoric acid groups is 1. The quantitative estimate of drug-likeness (QED) is 0.0243. The highest BCUT2D eigenvalue weighted by molar-refractivity contribution is 7.47. The lowest BCUT2D eigenvalue weighted by molar-refractivity contribution is -0.870. The molecular formula is C51H104N2O6P+. The number of phosphoric ester groups is 1. The van der Waals surface area contributed by atoms with Gasteiger partial charge in [0, 0.05) is 6.42 Å². The highest BCUT2D eigenvalue weighted by atomic mass is 31.2. The van der Waals surface area contributed by atoms with E-state index in [1.165, 1.54) is 193 Å². The average molecular weight is 872 g/mol. The number of allylic oxidation sites excluding steroid dienone is 2. The molecule has 9 heteroatoms. The van der Waals surface area contributed by atoms with Crippen LogP contribution in [0.25, 0.3) is 0 Å². The monoisotopic (exact) mass is 872 g/mol. The van der Waals surface area contributed by atoms with E-state index < -0.39 is 20.0 Å². The topological polar surface area (TPSA) is 105 Å². The molecule has 0 spiro atoms. The minimum Gasteiger partial charge on any atom is -0.391 e. The third-order valence-electron chi connectivity index (χ3n) is 12.0. The fraction of sp³-hybridized carbons (Fsp3) is 0.941. The molecule has 3 unspecified atom stereocenters. The van der Waals surface area contributed by atoms with Crippen LogP contribution in [0.15, 0.2) is 12.2 Å². The Hall–Kier alpha value is -0.760. The maximum absolute atomic E-state index is 12.9. The summed E-state index contributed by atoms with van der Waals surface area (Å²) in [5, 5.41) is 13.9. The Balaban J connectivity index is 3.96. The zero-order chi connectivity index (χ0) is 44.3. The average Bonchev–Trinajstić information content (AvgIpc) is 3.20. The van der Waals surface area contributed by atoms with Crippen molar-refractivity contribution in [2.45, 2.75) is 270 Å². The summed E-state index contributed by atoms with van der Waals surface area (Å²) in [6.07, 6.45) is 51.3. The lowest BCUT2D eigenvalue weighted by atomic mass is 10.0. The number of likely N-dealkylation sites (N-methyl/N-ethyl adjacent to an activating group) is 1. The molecule has 358 valence electrons. The van der Waals surface area contributed by atoms with Crippen LogP contribution in [-0.2, 0) is 18.4 Å². The van der Waals surface area contributed by atoms with E-state index in [2.05, 4.69) is 31.3 Å². The van der Waals surface area contributed by atoms with Gasteiger partial charge in [0.2, 0.25) is 5.91 Å². The molecule has 0 bridgehead atoms. The Labute approximate surface area is 373 Å². The summed E-state index contributed by atoms with van der Waals surface area (Å²) >= 11 is 0. The van der Waals surface area contributed by atoms with Crippen LogP contribution >= 0.6 is 7.82 Å². The van der Waals surface area contributed by atoms with Crippen molar-refractivity contribution in [3.05, 3.63) is 12.2 Å². The van der Waals surface area contributed by atoms with Gasteiger partial charge in [0.1, 0.15) is 13.2 Å². The van der Waals surface area contributed by atoms with E-state index in [4.69, 9.17) is 9.05 Å². The molecule has 8 nitrogen and oxygen atoms in total. The van der Waals surface area contributed by atoms with Crippen LogP contribution in [-0.4, -0.2) is 73.4 Å². The Bertz CT molecular complexity index is 989. The first kappa shape index (κ1) is 59.2. The number of rotatable bonds is 48. The second kappa shape index (κ2) is 43.5. The molecule has 0 aromatic heterocycles. The number of amides is 1. The molecular weight excluding hydrogens is 768 g/mol. The van der Waals surface area contributed by atoms with Crippen LogP contribution in [0.3, 0.4) is 0 Å². The summed E-state index contributed by atoms with van der Waals surface area (Å²) in [7, 11) is 1.62. The normalized spacial score (nSPS) is 14.2. The first-order chi connectivity index (χ1) is 29.0. The molecule has 0 saturated carbocycles. The van der Waals surface area contributed by atoms with Gasteiger partial charge in [0.15, 0.2) is 0 Å². The first-order valence-electron chi connectivity index (χ1n) is 26.1. The number of hydrogen-bond acceptors (Lipinski definition) is 5. The van der Waals surface area contributed by atoms with Crippen molar-refractivity contribution in [1.82, 2.24) is 5.32 Å². The van der Waals surface area contributed by atoms with Gasteiger partial charge in [-0.1, -0.05) is 225 Å². The first-order valence-corrected chi connectivity index (χ1v) is 27.5. The van der Waals surface area contributed by atoms with E-state index >= 15 is 0 Å². The highest BCUT2D eigenvalue weighted by Gasteiger charge is 2.28. The van der Waals surface area contributed by atoms with E-state index in [9.17, 15) is 19.4 Å². The molecule has 0 aromatic rings. The molecule has 0 saturated heterocycles. The molecule has 60 heavy (non-hydrogen) atoms. The minimum absolute atomic E-state index is 0.0771. The standard InChI is InChI=1S/C51H103N2O6P/c1-6-8-10-12-14-16-17-18-19-20-21-22-23-24-25-26-27-28-29-30-31-32-33-34-35-37-39-41-43-45-51(55)52-49(48-59-60(56,57)58-47-46-53(3,4)5)50(54)44-42-40-38-36-15-13-11-9-7-2/h20-21,49-50,54H,6-19,22-48H2,1-5H3,(H-,52,55,56,57)/p+1/b21-20-. The van der Waals surface area contributed by atoms with Crippen molar-refractivity contribution in [3.8, 4) is 0 Å². The van der Waals surface area contributed by atoms with Crippen LogP contribution in [0.2, 0.25) is 0 Å². The van der Waals surface area contributed by atoms with E-state index in [1.807, 2.05) is 21.1 Å². The molecule has 3 N–H and O–H groups in total. The number of aliphatic hydroxyl groups excluding tert-OH is 1. The maximum atomic E-state index is 12.9. The molecule has 0 heterocycles. The predicted octanol–water partition coefficient (Wildman–Crippen LogP) is 15.1. The van der Waals surface area contributed by atoms with Crippen molar-refractivity contribution in [2.24, 2.45) is 0 Å². The Morgan fingerprint density at radius 2 is 0.900 bits per heavy atom. The van der Waals surface area contributed by atoms with Gasteiger partial charge in [-0.05, 0) is 38.5 Å². The Kier molecular flexibility index (Phi) is 42.9. The zero-order valence-corrected chi connectivity index (χ0v) is 41.6. The SMILES string of the molecule is CCCCCCCCCC/C=C\CCCCCCCCCCCCCCCCCCCC(=O)NC(COP(=O)(O)OCC[N+](C)(C)C)C(O)CCCCCCCCCCC. The molecule has 0 radical (unpaired) electrons. The van der Waals surface area contributed by atoms with E-state index in [1.54, 1.807) is 0 Å². The molecule has 0 aliphatic carbocycles. The number of nitrogens with zero attached hydrogens (tertiary/aromatic N) is 1. The van der Waals surface area contributed by atoms with Crippen LogP contribution in [0, 0.1) is 0 Å². The van der Waals surface area contributed by atoms with Gasteiger partial charge < -0.3 is 19.8 Å². The van der Waals surface area contributed by atoms with Crippen LogP contribution < -0.4 is 5.32 Å². The molecule has 1 amide bonds. The number of quaternary nitrogens is 1. The van der Waals surface area contributed by atoms with E-state index in [0.29, 0.717) is 23.9 Å². The van der Waals surface area contributed by atoms with Gasteiger partial charge in [0.25, 0.3) is 0 Å². The molecule has 0 rings (SSSR count). The summed E-state index contributed by atoms with van der Waals surface area (Å²) in [6, 6.07) is -0.754. The molecule has 0 aliphatic heterocycles. The zero-order valence-electron chi connectivity index (χ0n) is 40.7. The van der Waals surface area contributed by atoms with Gasteiger partial charge >= 0.3 is 7.82 Å². The summed E-state index contributed by atoms with van der Waals surface area (Å²) < 4.78 is 23.6. The number of nitrogens with one attached hydrogen (secondary N) is 1. The lowest BCUT2D eigenvalue weighted by Gasteiger charge is -2.26. The second-order valence-electron chi connectivity index (χ2n) is 19.3. The summed E-state index contributed by atoms with van der Waals surface area (Å²) in [5.41, 5.74) is 0. The summed E-state index contributed by atoms with van der Waals surface area (Å²) in [5.74, 6) is -0.142. The fourth-order valence-electron chi connectivity index (χ4n) is 7.87. The largest absolute Gasteiger partial charge is 0.472 e. The number of hydrogen-bond donors (Lipinski definition) is 3. The van der Waals surface area contributed by atoms with Crippen molar-refractivity contribution in [1.29, 1.82) is 0 Å². The number of aliphatic hydroxyl groups is 1. The van der Waals surface area contributed by atoms with Crippen molar-refractivity contribution in [2.75, 3.05) is 40.9 Å². The summed E-state index contributed by atoms with van der Waals surface area (Å²) in [6.45, 7) is 4.88. The van der Waals surface area contributed by atoms with Gasteiger partial charge in [-0.15, -0.1) is 0 Å². The molecule has 3 atom stereocenters. The molecule has 0 aromatic carbocycles. The lowest BCUT2D eigenvalue weighted by Crippen LogP contribution is -2.46. The molecule has 0 aliphatic rings. The number of unbranched alkanes of at least 4 members (excludes halogenated alkanes) is 33. The van der Waals surface area contributed by atoms with Gasteiger partial charge in [-0.2, -0.15) is 0 Å². The third-order valence-corrected chi connectivity index (χ3v) is 13.0. The second-order valence-corrected chi connectivity index (χ2v) is 20.7. The number of carbonyl (C=O) groups is 1. The number of carbonyl (C=O) groups excluding carboxylic acids is 1. The smallest absolute Gasteiger partial charge is 0.391 e. The van der Waals surface area contributed by atoms with Crippen LogP contribution in [0.1, 0.15) is 258 Å². The van der Waals surface area contributed by atoms with Gasteiger partial charge in [0.05, 0.1) is 39.9 Å². The Morgan fingerprint density at radius 3 is 1.28 bits per heavy atom. The van der Waals surface area contributed by atoms with Crippen molar-refractivity contribution in [3.63, 3.8) is 0 Å². The molecule has 0 fully saturated rings. The third kappa shape index (κ3) is 45.3. The summed E-state index contributed by atoms with van der Waals surface area (Å²) in [4.78, 5) is 23.2. The van der Waals surface area contributed by atoms with Crippen molar-refractivity contribution >= 4 is 13.7 Å². The van der Waals surface area contributed by atoms with Crippen LogP contribution in [0.5, 0.6) is 0 Å². The minimum atomic E-state index is -4.31. The van der Waals surface area contributed by atoms with Gasteiger partial charge in [-0.3, -0.25) is 13.8 Å². The maximum Gasteiger partial charge on any atom is 0.472 e. The van der Waals surface area contributed by atoms with E-state index in [-0.39, 0.29) is 19.1 Å².